The van der Waals surface area contributed by atoms with Crippen molar-refractivity contribution in [1.29, 1.82) is 0 Å². The van der Waals surface area contributed by atoms with Gasteiger partial charge in [-0.15, -0.1) is 0 Å². The van der Waals surface area contributed by atoms with Gasteiger partial charge in [0.05, 0.1) is 0 Å². The first-order chi connectivity index (χ1) is 14.0. The number of nitrogens with zero attached hydrogens (tertiary/aromatic N) is 1. The minimum atomic E-state index is -0.746. The van der Waals surface area contributed by atoms with Crippen molar-refractivity contribution in [3.63, 3.8) is 0 Å². The van der Waals surface area contributed by atoms with E-state index in [-0.39, 0.29) is 25.0 Å². The highest BCUT2D eigenvalue weighted by Gasteiger charge is 2.29. The Morgan fingerprint density at radius 2 is 1.67 bits per heavy atom. The Balaban J connectivity index is 2.23. The number of ether oxygens (including phenoxy) is 1. The monoisotopic (exact) mass is 562 g/mol. The molecule has 0 aromatic heterocycles. The minimum absolute atomic E-state index is 0.0894. The second-order valence-electron chi connectivity index (χ2n) is 7.88. The minimum Gasteiger partial charge on any atom is -0.484 e. The molecule has 2 aromatic carbocycles. The van der Waals surface area contributed by atoms with E-state index in [2.05, 4.69) is 27.9 Å². The lowest BCUT2D eigenvalue weighted by molar-refractivity contribution is -0.142. The fraction of sp³-hybridized carbons (Fsp3) is 0.364. The molecule has 2 amide bonds. The Labute approximate surface area is 201 Å². The molecular weight excluding hydrogens is 538 g/mol. The van der Waals surface area contributed by atoms with E-state index < -0.39 is 11.6 Å². The van der Waals surface area contributed by atoms with Crippen molar-refractivity contribution < 1.29 is 14.3 Å². The van der Waals surface area contributed by atoms with Crippen LogP contribution in [0.1, 0.15) is 33.3 Å². The lowest BCUT2D eigenvalue weighted by Gasteiger charge is -2.31. The summed E-state index contributed by atoms with van der Waals surface area (Å²) < 4.78 is 6.70. The van der Waals surface area contributed by atoms with Crippen molar-refractivity contribution in [3.8, 4) is 5.75 Å². The second kappa shape index (κ2) is 10.7. The molecular formula is C22H25Cl2IN2O3. The van der Waals surface area contributed by atoms with Gasteiger partial charge in [0.15, 0.2) is 6.61 Å². The van der Waals surface area contributed by atoms with E-state index in [4.69, 9.17) is 27.9 Å². The van der Waals surface area contributed by atoms with Gasteiger partial charge in [0.25, 0.3) is 5.91 Å². The van der Waals surface area contributed by atoms with Crippen molar-refractivity contribution in [2.75, 3.05) is 6.61 Å². The molecule has 5 nitrogen and oxygen atoms in total. The zero-order chi connectivity index (χ0) is 22.5. The van der Waals surface area contributed by atoms with Gasteiger partial charge in [0.1, 0.15) is 11.8 Å². The largest absolute Gasteiger partial charge is 0.484 e. The summed E-state index contributed by atoms with van der Waals surface area (Å²) in [5, 5.41) is 3.77. The zero-order valence-electron chi connectivity index (χ0n) is 17.3. The molecule has 2 rings (SSSR count). The van der Waals surface area contributed by atoms with Gasteiger partial charge in [-0.25, -0.2) is 0 Å². The molecule has 1 N–H and O–H groups in total. The molecule has 0 spiro atoms. The first kappa shape index (κ1) is 24.8. The van der Waals surface area contributed by atoms with Crippen LogP contribution in [0.25, 0.3) is 0 Å². The maximum Gasteiger partial charge on any atom is 0.261 e. The fourth-order valence-corrected chi connectivity index (χ4v) is 3.55. The van der Waals surface area contributed by atoms with Crippen molar-refractivity contribution in [1.82, 2.24) is 10.2 Å². The maximum atomic E-state index is 13.1. The van der Waals surface area contributed by atoms with Crippen LogP contribution in [0.4, 0.5) is 0 Å². The molecule has 2 aromatic rings. The molecule has 0 unspecified atom stereocenters. The Morgan fingerprint density at radius 1 is 1.10 bits per heavy atom. The number of hydrogen-bond donors (Lipinski definition) is 1. The van der Waals surface area contributed by atoms with Crippen molar-refractivity contribution in [2.45, 2.75) is 45.8 Å². The van der Waals surface area contributed by atoms with Crippen LogP contribution in [0, 0.1) is 3.57 Å². The predicted molar refractivity (Wildman–Crippen MR) is 129 cm³/mol. The third-order valence-corrected chi connectivity index (χ3v) is 5.66. The molecule has 1 atom stereocenters. The van der Waals surface area contributed by atoms with Gasteiger partial charge in [-0.2, -0.15) is 0 Å². The van der Waals surface area contributed by atoms with Crippen LogP contribution in [-0.4, -0.2) is 34.9 Å². The SMILES string of the molecule is C[C@H](C(=O)NC(C)(C)C)N(Cc1c(Cl)cccc1Cl)C(=O)COc1ccc(I)cc1. The van der Waals surface area contributed by atoms with Gasteiger partial charge in [-0.05, 0) is 86.7 Å². The Bertz CT molecular complexity index is 878. The van der Waals surface area contributed by atoms with Crippen LogP contribution < -0.4 is 10.1 Å². The number of carbonyl (C=O) groups is 2. The van der Waals surface area contributed by atoms with Crippen molar-refractivity contribution in [2.24, 2.45) is 0 Å². The Morgan fingerprint density at radius 3 is 2.20 bits per heavy atom. The number of amides is 2. The predicted octanol–water partition coefficient (Wildman–Crippen LogP) is 5.31. The number of nitrogens with one attached hydrogen (secondary N) is 1. The molecule has 162 valence electrons. The summed E-state index contributed by atoms with van der Waals surface area (Å²) in [6.45, 7) is 7.20. The summed E-state index contributed by atoms with van der Waals surface area (Å²) in [7, 11) is 0. The molecule has 0 radical (unpaired) electrons. The van der Waals surface area contributed by atoms with E-state index in [0.29, 0.717) is 21.4 Å². The molecule has 0 fully saturated rings. The molecule has 0 saturated carbocycles. The normalized spacial score (nSPS) is 12.2. The van der Waals surface area contributed by atoms with Crippen molar-refractivity contribution >= 4 is 57.6 Å². The lowest BCUT2D eigenvalue weighted by atomic mass is 10.1. The second-order valence-corrected chi connectivity index (χ2v) is 9.94. The molecule has 0 aliphatic carbocycles. The van der Waals surface area contributed by atoms with E-state index in [0.717, 1.165) is 3.57 Å². The van der Waals surface area contributed by atoms with Gasteiger partial charge >= 0.3 is 0 Å². The lowest BCUT2D eigenvalue weighted by Crippen LogP contribution is -2.53. The summed E-state index contributed by atoms with van der Waals surface area (Å²) in [5.74, 6) is -0.0410. The first-order valence-electron chi connectivity index (χ1n) is 9.40. The van der Waals surface area contributed by atoms with E-state index in [1.165, 1.54) is 4.90 Å². The molecule has 0 aliphatic heterocycles. The average Bonchev–Trinajstić information content (AvgIpc) is 2.65. The Kier molecular flexibility index (Phi) is 8.82. The van der Waals surface area contributed by atoms with E-state index in [1.807, 2.05) is 32.9 Å². The highest BCUT2D eigenvalue weighted by Crippen LogP contribution is 2.26. The summed E-state index contributed by atoms with van der Waals surface area (Å²) >= 11 is 14.8. The molecule has 8 heteroatoms. The quantitative estimate of drug-likeness (QED) is 0.465. The van der Waals surface area contributed by atoms with E-state index in [1.54, 1.807) is 37.3 Å². The van der Waals surface area contributed by atoms with Crippen LogP contribution in [0.2, 0.25) is 10.0 Å². The molecule has 0 saturated heterocycles. The highest BCUT2D eigenvalue weighted by molar-refractivity contribution is 14.1. The van der Waals surface area contributed by atoms with Crippen molar-refractivity contribution in [3.05, 3.63) is 61.6 Å². The maximum absolute atomic E-state index is 13.1. The number of halogens is 3. The third-order valence-electron chi connectivity index (χ3n) is 4.23. The van der Waals surface area contributed by atoms with Crippen LogP contribution >= 0.6 is 45.8 Å². The van der Waals surface area contributed by atoms with Crippen LogP contribution in [0.15, 0.2) is 42.5 Å². The van der Waals surface area contributed by atoms with E-state index in [9.17, 15) is 9.59 Å². The standard InChI is InChI=1S/C22H25Cl2IN2O3/c1-14(21(29)26-22(2,3)4)27(12-17-18(23)6-5-7-19(17)24)20(28)13-30-16-10-8-15(25)9-11-16/h5-11,14H,12-13H2,1-4H3,(H,26,29)/t14-/m1/s1. The van der Waals surface area contributed by atoms with Gasteiger partial charge in [-0.3, -0.25) is 9.59 Å². The first-order valence-corrected chi connectivity index (χ1v) is 11.2. The topological polar surface area (TPSA) is 58.6 Å². The Hall–Kier alpha value is -1.51. The van der Waals surface area contributed by atoms with Crippen LogP contribution in [0.5, 0.6) is 5.75 Å². The molecule has 0 heterocycles. The summed E-state index contributed by atoms with van der Waals surface area (Å²) in [6.07, 6.45) is 0. The van der Waals surface area contributed by atoms with Gasteiger partial charge in [-0.1, -0.05) is 29.3 Å². The van der Waals surface area contributed by atoms with Gasteiger partial charge in [0, 0.05) is 31.3 Å². The average molecular weight is 563 g/mol. The molecule has 0 aliphatic rings. The van der Waals surface area contributed by atoms with Crippen LogP contribution in [0.3, 0.4) is 0 Å². The number of carbonyl (C=O) groups excluding carboxylic acids is 2. The highest BCUT2D eigenvalue weighted by atomic mass is 127. The fourth-order valence-electron chi connectivity index (χ4n) is 2.67. The summed E-state index contributed by atoms with van der Waals surface area (Å²) in [4.78, 5) is 27.3. The number of hydrogen-bond acceptors (Lipinski definition) is 3. The van der Waals surface area contributed by atoms with E-state index >= 15 is 0 Å². The zero-order valence-corrected chi connectivity index (χ0v) is 21.0. The number of benzene rings is 2. The number of rotatable bonds is 7. The smallest absolute Gasteiger partial charge is 0.261 e. The molecule has 30 heavy (non-hydrogen) atoms. The van der Waals surface area contributed by atoms with Crippen LogP contribution in [-0.2, 0) is 16.1 Å². The molecule has 0 bridgehead atoms. The third kappa shape index (κ3) is 7.32. The summed E-state index contributed by atoms with van der Waals surface area (Å²) in [5.41, 5.74) is 0.152. The van der Waals surface area contributed by atoms with Gasteiger partial charge in [0.2, 0.25) is 5.91 Å². The summed E-state index contributed by atoms with van der Waals surface area (Å²) in [6, 6.07) is 11.8. The van der Waals surface area contributed by atoms with Gasteiger partial charge < -0.3 is 15.0 Å².